The van der Waals surface area contributed by atoms with Gasteiger partial charge in [-0.05, 0) is 69.5 Å². The summed E-state index contributed by atoms with van der Waals surface area (Å²) in [6.07, 6.45) is 11.8. The average molecular weight is 533 g/mol. The van der Waals surface area contributed by atoms with Crippen molar-refractivity contribution in [3.05, 3.63) is 42.2 Å². The summed E-state index contributed by atoms with van der Waals surface area (Å²) in [5, 5.41) is 4.37. The van der Waals surface area contributed by atoms with Crippen molar-refractivity contribution in [2.24, 2.45) is 0 Å². The first-order chi connectivity index (χ1) is 17.5. The van der Waals surface area contributed by atoms with E-state index in [1.54, 1.807) is 10.9 Å². The van der Waals surface area contributed by atoms with Gasteiger partial charge < -0.3 is 23.5 Å². The predicted molar refractivity (Wildman–Crippen MR) is 151 cm³/mol. The third-order valence-corrected chi connectivity index (χ3v) is 11.0. The number of likely N-dealkylation sites (tertiary alicyclic amines) is 1. The fourth-order valence-electron chi connectivity index (χ4n) is 4.13. The molecule has 1 aliphatic rings. The molecule has 1 unspecified atom stereocenters. The van der Waals surface area contributed by atoms with Gasteiger partial charge in [-0.15, -0.1) is 10.3 Å². The molecule has 1 amide bonds. The van der Waals surface area contributed by atoms with Crippen molar-refractivity contribution in [3.8, 4) is 11.4 Å². The Hall–Kier alpha value is -2.36. The van der Waals surface area contributed by atoms with Crippen molar-refractivity contribution in [2.75, 3.05) is 51.9 Å². The standard InChI is InChI=1S/C28H44N4O4S/c1-23-9-7-14-30(23)15-8-19-35-26-12-10-25(11-13-26)32-22-24(21-29-32)27(34)31(16-18-33)17-20-36-37(5,6)28(2,3)4/h10-13,18,21-23H,7-9,14-17,19-20H2,1-6H3. The minimum atomic E-state index is -1.30. The summed E-state index contributed by atoms with van der Waals surface area (Å²) in [6, 6.07) is 8.38. The lowest BCUT2D eigenvalue weighted by atomic mass is 10.2. The SMILES string of the molecule is CC1CCCN1CCCOc1ccc(-n2cc(C(=O)N(CC=O)CCOS(C)(C)C(C)(C)C)cn2)cc1. The molecule has 3 rings (SSSR count). The van der Waals surface area contributed by atoms with Crippen LogP contribution >= 0.6 is 10.3 Å². The third-order valence-electron chi connectivity index (χ3n) is 7.28. The molecular weight excluding hydrogens is 488 g/mol. The molecule has 1 atom stereocenters. The monoisotopic (exact) mass is 532 g/mol. The molecule has 37 heavy (non-hydrogen) atoms. The Labute approximate surface area is 223 Å². The Balaban J connectivity index is 1.52. The molecule has 206 valence electrons. The zero-order valence-corrected chi connectivity index (χ0v) is 24.1. The second-order valence-electron chi connectivity index (χ2n) is 11.0. The Kier molecular flexibility index (Phi) is 10.2. The number of amides is 1. The highest BCUT2D eigenvalue weighted by Gasteiger charge is 2.29. The molecule has 1 aromatic carbocycles. The highest BCUT2D eigenvalue weighted by molar-refractivity contribution is 8.29. The van der Waals surface area contributed by atoms with Crippen molar-refractivity contribution >= 4 is 22.5 Å². The number of aromatic nitrogens is 2. The topological polar surface area (TPSA) is 76.9 Å². The van der Waals surface area contributed by atoms with Gasteiger partial charge in [0.2, 0.25) is 0 Å². The van der Waals surface area contributed by atoms with Gasteiger partial charge in [0.1, 0.15) is 12.0 Å². The number of carbonyl (C=O) groups excluding carboxylic acids is 2. The van der Waals surface area contributed by atoms with Crippen molar-refractivity contribution < 1.29 is 18.5 Å². The van der Waals surface area contributed by atoms with Gasteiger partial charge in [-0.25, -0.2) is 4.68 Å². The highest BCUT2D eigenvalue weighted by atomic mass is 32.3. The zero-order chi connectivity index (χ0) is 27.1. The second kappa shape index (κ2) is 12.9. The summed E-state index contributed by atoms with van der Waals surface area (Å²) in [7, 11) is -1.30. The fourth-order valence-corrected chi connectivity index (χ4v) is 4.98. The third kappa shape index (κ3) is 8.06. The quantitative estimate of drug-likeness (QED) is 0.278. The van der Waals surface area contributed by atoms with Crippen molar-refractivity contribution in [3.63, 3.8) is 0 Å². The fraction of sp³-hybridized carbons (Fsp3) is 0.607. The van der Waals surface area contributed by atoms with Gasteiger partial charge in [-0.3, -0.25) is 4.79 Å². The summed E-state index contributed by atoms with van der Waals surface area (Å²) >= 11 is 0. The Morgan fingerprint density at radius 1 is 1.22 bits per heavy atom. The molecule has 8 nitrogen and oxygen atoms in total. The van der Waals surface area contributed by atoms with Crippen LogP contribution in [0.25, 0.3) is 5.69 Å². The van der Waals surface area contributed by atoms with Crippen molar-refractivity contribution in [1.29, 1.82) is 0 Å². The largest absolute Gasteiger partial charge is 0.494 e. The van der Waals surface area contributed by atoms with E-state index in [1.165, 1.54) is 30.5 Å². The van der Waals surface area contributed by atoms with E-state index in [4.69, 9.17) is 8.92 Å². The van der Waals surface area contributed by atoms with Crippen LogP contribution in [0, 0.1) is 0 Å². The molecular formula is C28H44N4O4S. The number of ether oxygens (including phenoxy) is 1. The summed E-state index contributed by atoms with van der Waals surface area (Å²) in [6.45, 7) is 12.5. The van der Waals surface area contributed by atoms with Crippen LogP contribution in [0.5, 0.6) is 5.75 Å². The maximum absolute atomic E-state index is 13.1. The first kappa shape index (κ1) is 29.2. The molecule has 1 aromatic heterocycles. The Morgan fingerprint density at radius 3 is 2.57 bits per heavy atom. The van der Waals surface area contributed by atoms with Crippen molar-refractivity contribution in [2.45, 2.75) is 57.7 Å². The normalized spacial score (nSPS) is 17.1. The van der Waals surface area contributed by atoms with Crippen LogP contribution in [0.15, 0.2) is 36.7 Å². The summed E-state index contributed by atoms with van der Waals surface area (Å²) in [5.74, 6) is 0.580. The zero-order valence-electron chi connectivity index (χ0n) is 23.3. The van der Waals surface area contributed by atoms with Crippen LogP contribution in [0.3, 0.4) is 0 Å². The van der Waals surface area contributed by atoms with E-state index in [-0.39, 0.29) is 17.2 Å². The number of nitrogens with zero attached hydrogens (tertiary/aromatic N) is 4. The van der Waals surface area contributed by atoms with Crippen LogP contribution in [-0.2, 0) is 8.98 Å². The van der Waals surface area contributed by atoms with Crippen LogP contribution < -0.4 is 4.74 Å². The minimum Gasteiger partial charge on any atom is -0.494 e. The van der Waals surface area contributed by atoms with Crippen LogP contribution in [0.1, 0.15) is 57.3 Å². The summed E-state index contributed by atoms with van der Waals surface area (Å²) in [5.41, 5.74) is 1.26. The summed E-state index contributed by atoms with van der Waals surface area (Å²) < 4.78 is 13.8. The molecule has 2 heterocycles. The number of hydrogen-bond donors (Lipinski definition) is 0. The molecule has 2 aromatic rings. The Bertz CT molecular complexity index is 1020. The molecule has 1 saturated heterocycles. The van der Waals surface area contributed by atoms with Crippen LogP contribution in [-0.4, -0.2) is 94.5 Å². The first-order valence-electron chi connectivity index (χ1n) is 13.1. The number of rotatable bonds is 13. The maximum atomic E-state index is 13.1. The molecule has 1 aliphatic heterocycles. The molecule has 0 aliphatic carbocycles. The number of aldehydes is 1. The van der Waals surface area contributed by atoms with Gasteiger partial charge in [0.25, 0.3) is 5.91 Å². The molecule has 9 heteroatoms. The average Bonchev–Trinajstić information content (AvgIpc) is 3.50. The van der Waals surface area contributed by atoms with Gasteiger partial charge in [-0.1, -0.05) is 20.8 Å². The number of hydrogen-bond acceptors (Lipinski definition) is 6. The maximum Gasteiger partial charge on any atom is 0.257 e. The van der Waals surface area contributed by atoms with E-state index < -0.39 is 10.3 Å². The van der Waals surface area contributed by atoms with E-state index in [1.807, 2.05) is 24.3 Å². The van der Waals surface area contributed by atoms with Gasteiger partial charge in [0, 0.05) is 30.1 Å². The molecule has 0 spiro atoms. The lowest BCUT2D eigenvalue weighted by Gasteiger charge is -2.44. The van der Waals surface area contributed by atoms with Gasteiger partial charge in [-0.2, -0.15) is 5.10 Å². The molecule has 0 radical (unpaired) electrons. The Morgan fingerprint density at radius 2 is 1.95 bits per heavy atom. The molecule has 1 fully saturated rings. The van der Waals surface area contributed by atoms with Crippen LogP contribution in [0.4, 0.5) is 0 Å². The molecule has 0 saturated carbocycles. The van der Waals surface area contributed by atoms with E-state index in [0.717, 1.165) is 30.7 Å². The predicted octanol–water partition coefficient (Wildman–Crippen LogP) is 4.56. The van der Waals surface area contributed by atoms with E-state index >= 15 is 0 Å². The van der Waals surface area contributed by atoms with E-state index in [0.29, 0.717) is 31.4 Å². The smallest absolute Gasteiger partial charge is 0.257 e. The lowest BCUT2D eigenvalue weighted by molar-refractivity contribution is -0.108. The molecule has 0 bridgehead atoms. The lowest BCUT2D eigenvalue weighted by Crippen LogP contribution is -2.36. The minimum absolute atomic E-state index is 0.0152. The van der Waals surface area contributed by atoms with E-state index in [9.17, 15) is 9.59 Å². The van der Waals surface area contributed by atoms with Crippen molar-refractivity contribution in [1.82, 2.24) is 19.6 Å². The second-order valence-corrected chi connectivity index (χ2v) is 14.9. The van der Waals surface area contributed by atoms with E-state index in [2.05, 4.69) is 50.2 Å². The number of benzene rings is 1. The summed E-state index contributed by atoms with van der Waals surface area (Å²) in [4.78, 5) is 28.4. The molecule has 0 N–H and O–H groups in total. The van der Waals surface area contributed by atoms with Gasteiger partial charge in [0.05, 0.1) is 37.2 Å². The highest BCUT2D eigenvalue weighted by Crippen LogP contribution is 2.53. The van der Waals surface area contributed by atoms with Gasteiger partial charge >= 0.3 is 0 Å². The number of carbonyl (C=O) groups is 2. The van der Waals surface area contributed by atoms with Crippen LogP contribution in [0.2, 0.25) is 0 Å². The van der Waals surface area contributed by atoms with Gasteiger partial charge in [0.15, 0.2) is 0 Å². The first-order valence-corrected chi connectivity index (χ1v) is 15.5.